The van der Waals surface area contributed by atoms with Crippen molar-refractivity contribution in [2.75, 3.05) is 6.54 Å². The Hall–Kier alpha value is -0.560. The molecule has 1 heteroatoms. The minimum Gasteiger partial charge on any atom is -0.330 e. The van der Waals surface area contributed by atoms with E-state index in [9.17, 15) is 0 Å². The van der Waals surface area contributed by atoms with Crippen molar-refractivity contribution < 1.29 is 0 Å². The molecule has 0 radical (unpaired) electrons. The number of allylic oxidation sites excluding steroid dienone is 3. The van der Waals surface area contributed by atoms with Gasteiger partial charge in [-0.25, -0.2) is 0 Å². The molecular weight excluding hydrogens is 122 g/mol. The molecule has 1 nitrogen and oxygen atoms in total. The third-order valence-electron chi connectivity index (χ3n) is 1.50. The fraction of sp³-hybridized carbons (Fsp3) is 0.556. The summed E-state index contributed by atoms with van der Waals surface area (Å²) in [5, 5.41) is 0. The number of rotatable bonds is 2. The van der Waals surface area contributed by atoms with Crippen molar-refractivity contribution in [3.05, 3.63) is 23.8 Å². The minimum absolute atomic E-state index is 0. The maximum Gasteiger partial charge on any atom is -0.00368 e. The van der Waals surface area contributed by atoms with Crippen LogP contribution < -0.4 is 5.73 Å². The molecule has 1 aliphatic rings. The van der Waals surface area contributed by atoms with Gasteiger partial charge in [-0.05, 0) is 25.8 Å². The van der Waals surface area contributed by atoms with E-state index in [4.69, 9.17) is 5.73 Å². The van der Waals surface area contributed by atoms with Crippen LogP contribution in [0.25, 0.3) is 0 Å². The van der Waals surface area contributed by atoms with E-state index >= 15 is 0 Å². The van der Waals surface area contributed by atoms with E-state index in [-0.39, 0.29) is 7.43 Å². The van der Waals surface area contributed by atoms with Crippen LogP contribution in [0.15, 0.2) is 23.8 Å². The Labute approximate surface area is 63.6 Å². The van der Waals surface area contributed by atoms with Crippen LogP contribution in [0.3, 0.4) is 0 Å². The Bertz CT molecular complexity index is 134. The fourth-order valence-electron chi connectivity index (χ4n) is 1.02. The molecule has 0 spiro atoms. The minimum atomic E-state index is 0. The van der Waals surface area contributed by atoms with Crippen LogP contribution in [0.5, 0.6) is 0 Å². The second-order valence-corrected chi connectivity index (χ2v) is 2.30. The number of hydrogen-bond acceptors (Lipinski definition) is 1. The second kappa shape index (κ2) is 5.24. The lowest BCUT2D eigenvalue weighted by molar-refractivity contribution is 0.927. The standard InChI is InChI=1S/C8H13N.CH4/c9-7-6-8-4-2-1-3-5-8;/h2,4-5H,1,3,6-7,9H2;1H4. The monoisotopic (exact) mass is 139 g/mol. The lowest BCUT2D eigenvalue weighted by Gasteiger charge is -2.03. The van der Waals surface area contributed by atoms with Crippen molar-refractivity contribution in [2.24, 2.45) is 5.73 Å². The molecule has 2 N–H and O–H groups in total. The maximum absolute atomic E-state index is 5.38. The summed E-state index contributed by atoms with van der Waals surface area (Å²) in [4.78, 5) is 0. The highest BCUT2D eigenvalue weighted by molar-refractivity contribution is 5.21. The third-order valence-corrected chi connectivity index (χ3v) is 1.50. The Morgan fingerprint density at radius 1 is 1.40 bits per heavy atom. The van der Waals surface area contributed by atoms with Crippen LogP contribution in [-0.2, 0) is 0 Å². The van der Waals surface area contributed by atoms with Gasteiger partial charge in [-0.3, -0.25) is 0 Å². The van der Waals surface area contributed by atoms with E-state index in [0.717, 1.165) is 13.0 Å². The molecule has 0 aromatic heterocycles. The molecule has 1 rings (SSSR count). The van der Waals surface area contributed by atoms with Crippen LogP contribution >= 0.6 is 0 Å². The number of nitrogens with two attached hydrogens (primary N) is 1. The van der Waals surface area contributed by atoms with Crippen LogP contribution in [0, 0.1) is 0 Å². The molecule has 0 aliphatic heterocycles. The van der Waals surface area contributed by atoms with Crippen molar-refractivity contribution >= 4 is 0 Å². The molecule has 10 heavy (non-hydrogen) atoms. The van der Waals surface area contributed by atoms with E-state index in [1.165, 1.54) is 18.4 Å². The summed E-state index contributed by atoms with van der Waals surface area (Å²) in [7, 11) is 0. The Balaban J connectivity index is 0.000000810. The zero-order chi connectivity index (χ0) is 6.53. The molecule has 0 heterocycles. The quantitative estimate of drug-likeness (QED) is 0.624. The molecule has 0 aromatic carbocycles. The van der Waals surface area contributed by atoms with Crippen LogP contribution in [0.1, 0.15) is 26.7 Å². The first-order valence-corrected chi connectivity index (χ1v) is 3.49. The molecule has 0 saturated heterocycles. The normalized spacial score (nSPS) is 15.9. The van der Waals surface area contributed by atoms with E-state index in [2.05, 4.69) is 18.2 Å². The Kier molecular flexibility index (Phi) is 4.95. The zero-order valence-corrected chi connectivity index (χ0v) is 5.64. The molecule has 0 unspecified atom stereocenters. The Morgan fingerprint density at radius 3 is 2.70 bits per heavy atom. The summed E-state index contributed by atoms with van der Waals surface area (Å²) < 4.78 is 0. The molecular formula is C9H17N. The van der Waals surface area contributed by atoms with E-state index in [1.807, 2.05) is 0 Å². The molecule has 0 saturated carbocycles. The van der Waals surface area contributed by atoms with Gasteiger partial charge in [0.15, 0.2) is 0 Å². The van der Waals surface area contributed by atoms with Gasteiger partial charge in [0.05, 0.1) is 0 Å². The second-order valence-electron chi connectivity index (χ2n) is 2.30. The summed E-state index contributed by atoms with van der Waals surface area (Å²) in [6.07, 6.45) is 10.1. The summed E-state index contributed by atoms with van der Waals surface area (Å²) in [5.74, 6) is 0. The summed E-state index contributed by atoms with van der Waals surface area (Å²) in [6, 6.07) is 0. The molecule has 0 aromatic rings. The summed E-state index contributed by atoms with van der Waals surface area (Å²) in [6.45, 7) is 0.774. The predicted molar refractivity (Wildman–Crippen MR) is 46.9 cm³/mol. The molecule has 0 atom stereocenters. The van der Waals surface area contributed by atoms with Gasteiger partial charge in [-0.1, -0.05) is 31.2 Å². The smallest absolute Gasteiger partial charge is 0.00368 e. The lowest BCUT2D eigenvalue weighted by Crippen LogP contribution is -1.99. The van der Waals surface area contributed by atoms with Crippen molar-refractivity contribution in [1.29, 1.82) is 0 Å². The van der Waals surface area contributed by atoms with Gasteiger partial charge in [0, 0.05) is 0 Å². The van der Waals surface area contributed by atoms with Crippen LogP contribution in [-0.4, -0.2) is 6.54 Å². The molecule has 0 fully saturated rings. The summed E-state index contributed by atoms with van der Waals surface area (Å²) in [5.41, 5.74) is 6.79. The van der Waals surface area contributed by atoms with Crippen LogP contribution in [0.4, 0.5) is 0 Å². The van der Waals surface area contributed by atoms with E-state index < -0.39 is 0 Å². The van der Waals surface area contributed by atoms with E-state index in [1.54, 1.807) is 0 Å². The third kappa shape index (κ3) is 2.83. The van der Waals surface area contributed by atoms with Crippen molar-refractivity contribution in [3.63, 3.8) is 0 Å². The molecule has 58 valence electrons. The average molecular weight is 139 g/mol. The first-order valence-electron chi connectivity index (χ1n) is 3.49. The van der Waals surface area contributed by atoms with Crippen LogP contribution in [0.2, 0.25) is 0 Å². The first kappa shape index (κ1) is 9.44. The van der Waals surface area contributed by atoms with Gasteiger partial charge >= 0.3 is 0 Å². The van der Waals surface area contributed by atoms with Gasteiger partial charge in [0.25, 0.3) is 0 Å². The number of hydrogen-bond donors (Lipinski definition) is 1. The van der Waals surface area contributed by atoms with Crippen molar-refractivity contribution in [2.45, 2.75) is 26.7 Å². The topological polar surface area (TPSA) is 26.0 Å². The van der Waals surface area contributed by atoms with Gasteiger partial charge in [-0.2, -0.15) is 0 Å². The lowest BCUT2D eigenvalue weighted by atomic mass is 10.0. The fourth-order valence-corrected chi connectivity index (χ4v) is 1.02. The highest BCUT2D eigenvalue weighted by Gasteiger charge is 1.93. The van der Waals surface area contributed by atoms with Crippen molar-refractivity contribution in [1.82, 2.24) is 0 Å². The van der Waals surface area contributed by atoms with Crippen molar-refractivity contribution in [3.8, 4) is 0 Å². The SMILES string of the molecule is C.NCCC1=CCCC=C1. The highest BCUT2D eigenvalue weighted by Crippen LogP contribution is 2.11. The largest absolute Gasteiger partial charge is 0.330 e. The Morgan fingerprint density at radius 2 is 2.20 bits per heavy atom. The van der Waals surface area contributed by atoms with Gasteiger partial charge < -0.3 is 5.73 Å². The van der Waals surface area contributed by atoms with Gasteiger partial charge in [0.1, 0.15) is 0 Å². The van der Waals surface area contributed by atoms with Gasteiger partial charge in [0.2, 0.25) is 0 Å². The molecule has 0 bridgehead atoms. The van der Waals surface area contributed by atoms with Gasteiger partial charge in [-0.15, -0.1) is 0 Å². The highest BCUT2D eigenvalue weighted by atomic mass is 14.5. The maximum atomic E-state index is 5.38. The summed E-state index contributed by atoms with van der Waals surface area (Å²) >= 11 is 0. The zero-order valence-electron chi connectivity index (χ0n) is 5.64. The first-order chi connectivity index (χ1) is 4.43. The molecule has 1 aliphatic carbocycles. The van der Waals surface area contributed by atoms with E-state index in [0.29, 0.717) is 0 Å². The predicted octanol–water partition coefficient (Wildman–Crippen LogP) is 2.25. The molecule has 0 amide bonds. The average Bonchev–Trinajstić information content (AvgIpc) is 1.91.